The molecule has 0 spiro atoms. The van der Waals surface area contributed by atoms with Crippen molar-refractivity contribution in [3.8, 4) is 5.75 Å². The lowest BCUT2D eigenvalue weighted by Gasteiger charge is -2.22. The molecule has 0 unspecified atom stereocenters. The van der Waals surface area contributed by atoms with Crippen molar-refractivity contribution in [2.75, 3.05) is 7.05 Å². The van der Waals surface area contributed by atoms with Gasteiger partial charge in [-0.15, -0.1) is 0 Å². The van der Waals surface area contributed by atoms with Crippen molar-refractivity contribution in [3.63, 3.8) is 0 Å². The maximum absolute atomic E-state index is 14.2. The Hall–Kier alpha value is -3.00. The molecule has 0 aliphatic carbocycles. The van der Waals surface area contributed by atoms with E-state index in [2.05, 4.69) is 17.0 Å². The highest BCUT2D eigenvalue weighted by atomic mass is 19.3. The number of alkyl halides is 4. The summed E-state index contributed by atoms with van der Waals surface area (Å²) in [6, 6.07) is 8.19. The van der Waals surface area contributed by atoms with E-state index >= 15 is 0 Å². The average Bonchev–Trinajstić information content (AvgIpc) is 2.73. The predicted octanol–water partition coefficient (Wildman–Crippen LogP) is 6.99. The number of allylic oxidation sites excluding steroid dienone is 5. The Kier molecular flexibility index (Phi) is 10.8. The number of halogens is 6. The highest BCUT2D eigenvalue weighted by Gasteiger charge is 2.44. The van der Waals surface area contributed by atoms with Crippen LogP contribution in [-0.4, -0.2) is 19.6 Å². The topological polar surface area (TPSA) is 35.2 Å². The van der Waals surface area contributed by atoms with Crippen LogP contribution in [0.25, 0.3) is 0 Å². The van der Waals surface area contributed by atoms with Crippen molar-refractivity contribution in [2.24, 2.45) is 5.73 Å². The summed E-state index contributed by atoms with van der Waals surface area (Å²) in [4.78, 5) is 0. The second kappa shape index (κ2) is 12.8. The number of benzene rings is 2. The van der Waals surface area contributed by atoms with Crippen LogP contribution in [0.1, 0.15) is 30.4 Å². The molecule has 2 rings (SSSR count). The second-order valence-corrected chi connectivity index (χ2v) is 6.47. The van der Waals surface area contributed by atoms with Crippen molar-refractivity contribution in [2.45, 2.75) is 31.8 Å². The molecule has 0 saturated carbocycles. The molecule has 0 aliphatic rings. The minimum atomic E-state index is -4.77. The van der Waals surface area contributed by atoms with Crippen LogP contribution in [0.15, 0.2) is 78.9 Å². The van der Waals surface area contributed by atoms with Crippen LogP contribution in [-0.2, 0) is 0 Å². The van der Waals surface area contributed by atoms with Crippen LogP contribution in [0, 0.1) is 11.6 Å². The summed E-state index contributed by atoms with van der Waals surface area (Å²) in [7, 11) is 1.50. The van der Waals surface area contributed by atoms with Crippen LogP contribution in [0.3, 0.4) is 0 Å². The van der Waals surface area contributed by atoms with Gasteiger partial charge in [-0.25, -0.2) is 8.78 Å². The van der Waals surface area contributed by atoms with Crippen molar-refractivity contribution >= 4 is 0 Å². The van der Waals surface area contributed by atoms with Crippen LogP contribution in [0.5, 0.6) is 5.75 Å². The third-order valence-corrected chi connectivity index (χ3v) is 4.23. The van der Waals surface area contributed by atoms with Gasteiger partial charge in [0.15, 0.2) is 0 Å². The molecule has 0 heterocycles. The Morgan fingerprint density at radius 3 is 2.19 bits per heavy atom. The van der Waals surface area contributed by atoms with Crippen LogP contribution in [0.2, 0.25) is 0 Å². The predicted molar refractivity (Wildman–Crippen MR) is 114 cm³/mol. The standard InChI is InChI=1S/C23H20F6O.CH5N/c1-3-5-15(6-4-2)11-21(16-7-9-18(24)10-8-16)17-12-19(25)14-20(13-17)30-23(28,29)22(26)27;1-2/h3-10,12-14,21-22H,1,11H2,2H3;2H2,1H3/b6-4-,15-5+;/t21-;/m0./s1. The minimum Gasteiger partial charge on any atom is -0.428 e. The van der Waals surface area contributed by atoms with E-state index in [1.54, 1.807) is 31.2 Å². The molecule has 0 amide bonds. The Bertz CT molecular complexity index is 923. The molecule has 8 heteroatoms. The number of nitrogens with two attached hydrogens (primary N) is 1. The zero-order chi connectivity index (χ0) is 24.3. The maximum atomic E-state index is 14.2. The molecule has 0 bridgehead atoms. The summed E-state index contributed by atoms with van der Waals surface area (Å²) < 4.78 is 83.2. The summed E-state index contributed by atoms with van der Waals surface area (Å²) in [6.07, 6.45) is -1.71. The Morgan fingerprint density at radius 1 is 1.03 bits per heavy atom. The number of ether oxygens (including phenoxy) is 1. The van der Waals surface area contributed by atoms with Gasteiger partial charge in [-0.3, -0.25) is 0 Å². The van der Waals surface area contributed by atoms with Gasteiger partial charge in [0.2, 0.25) is 0 Å². The summed E-state index contributed by atoms with van der Waals surface area (Å²) in [5, 5.41) is 0. The van der Waals surface area contributed by atoms with E-state index < -0.39 is 35.8 Å². The molecule has 0 saturated heterocycles. The first kappa shape index (κ1) is 27.0. The smallest absolute Gasteiger partial charge is 0.428 e. The van der Waals surface area contributed by atoms with E-state index in [1.807, 2.05) is 0 Å². The maximum Gasteiger partial charge on any atom is 0.461 e. The van der Waals surface area contributed by atoms with E-state index in [1.165, 1.54) is 31.3 Å². The Balaban J connectivity index is 0.00000249. The molecule has 1 atom stereocenters. The molecule has 2 aromatic carbocycles. The number of hydrogen-bond donors (Lipinski definition) is 1. The van der Waals surface area contributed by atoms with Gasteiger partial charge in [0.1, 0.15) is 17.4 Å². The highest BCUT2D eigenvalue weighted by molar-refractivity contribution is 5.40. The van der Waals surface area contributed by atoms with Crippen molar-refractivity contribution < 1.29 is 31.1 Å². The van der Waals surface area contributed by atoms with E-state index in [-0.39, 0.29) is 12.0 Å². The first-order valence-electron chi connectivity index (χ1n) is 9.59. The first-order valence-corrected chi connectivity index (χ1v) is 9.59. The SMILES string of the molecule is C=C/C=C(\C=C/C)C[C@@H](c1ccc(F)cc1)c1cc(F)cc(OC(F)(F)C(F)F)c1.CN. The lowest BCUT2D eigenvalue weighted by molar-refractivity contribution is -0.253. The molecular weight excluding hydrogens is 432 g/mol. The van der Waals surface area contributed by atoms with Gasteiger partial charge in [0, 0.05) is 12.0 Å². The summed E-state index contributed by atoms with van der Waals surface area (Å²) in [6.45, 7) is 5.43. The molecule has 2 N–H and O–H groups in total. The summed E-state index contributed by atoms with van der Waals surface area (Å²) >= 11 is 0. The molecule has 2 nitrogen and oxygen atoms in total. The number of rotatable bonds is 9. The van der Waals surface area contributed by atoms with Gasteiger partial charge < -0.3 is 10.5 Å². The molecule has 0 radical (unpaired) electrons. The van der Waals surface area contributed by atoms with Crippen LogP contribution >= 0.6 is 0 Å². The first-order chi connectivity index (χ1) is 15.2. The summed E-state index contributed by atoms with van der Waals surface area (Å²) in [5.41, 5.74) is 6.07. The molecule has 2 aromatic rings. The highest BCUT2D eigenvalue weighted by Crippen LogP contribution is 2.36. The van der Waals surface area contributed by atoms with Gasteiger partial charge >= 0.3 is 12.5 Å². The Morgan fingerprint density at radius 2 is 1.66 bits per heavy atom. The van der Waals surface area contributed by atoms with Crippen LogP contribution < -0.4 is 10.5 Å². The zero-order valence-corrected chi connectivity index (χ0v) is 17.7. The van der Waals surface area contributed by atoms with Gasteiger partial charge in [-0.2, -0.15) is 17.6 Å². The molecule has 174 valence electrons. The number of hydrogen-bond acceptors (Lipinski definition) is 2. The lowest BCUT2D eigenvalue weighted by Crippen LogP contribution is -2.33. The fourth-order valence-corrected chi connectivity index (χ4v) is 2.96. The van der Waals surface area contributed by atoms with Gasteiger partial charge in [-0.1, -0.05) is 43.0 Å². The average molecular weight is 457 g/mol. The van der Waals surface area contributed by atoms with Gasteiger partial charge in [-0.05, 0) is 61.4 Å². The molecule has 0 fully saturated rings. The molecular formula is C24H25F6NO. The summed E-state index contributed by atoms with van der Waals surface area (Å²) in [5.74, 6) is -2.73. The minimum absolute atomic E-state index is 0.209. The molecule has 0 aliphatic heterocycles. The lowest BCUT2D eigenvalue weighted by atomic mass is 9.85. The van der Waals surface area contributed by atoms with Gasteiger partial charge in [0.05, 0.1) is 0 Å². The fraction of sp³-hybridized carbons (Fsp3) is 0.250. The van der Waals surface area contributed by atoms with Crippen molar-refractivity contribution in [3.05, 3.63) is 102 Å². The Labute approximate surface area is 183 Å². The fourth-order valence-electron chi connectivity index (χ4n) is 2.96. The van der Waals surface area contributed by atoms with E-state index in [0.717, 1.165) is 17.7 Å². The molecule has 0 aromatic heterocycles. The quantitative estimate of drug-likeness (QED) is 0.325. The monoisotopic (exact) mass is 457 g/mol. The largest absolute Gasteiger partial charge is 0.461 e. The normalized spacial score (nSPS) is 13.0. The van der Waals surface area contributed by atoms with E-state index in [0.29, 0.717) is 11.6 Å². The van der Waals surface area contributed by atoms with E-state index in [4.69, 9.17) is 0 Å². The zero-order valence-electron chi connectivity index (χ0n) is 17.7. The second-order valence-electron chi connectivity index (χ2n) is 6.47. The van der Waals surface area contributed by atoms with E-state index in [9.17, 15) is 26.3 Å². The van der Waals surface area contributed by atoms with Crippen molar-refractivity contribution in [1.29, 1.82) is 0 Å². The molecule has 32 heavy (non-hydrogen) atoms. The van der Waals surface area contributed by atoms with Gasteiger partial charge in [0.25, 0.3) is 0 Å². The third kappa shape index (κ3) is 7.92. The van der Waals surface area contributed by atoms with Crippen molar-refractivity contribution in [1.82, 2.24) is 0 Å². The van der Waals surface area contributed by atoms with Crippen LogP contribution in [0.4, 0.5) is 26.3 Å². The third-order valence-electron chi connectivity index (χ3n) is 4.23.